The second kappa shape index (κ2) is 8.10. The lowest BCUT2D eigenvalue weighted by Crippen LogP contribution is -2.53. The van der Waals surface area contributed by atoms with E-state index >= 15 is 0 Å². The van der Waals surface area contributed by atoms with Crippen LogP contribution in [0.15, 0.2) is 53.4 Å². The minimum atomic E-state index is -3.54. The van der Waals surface area contributed by atoms with E-state index in [2.05, 4.69) is 5.32 Å². The van der Waals surface area contributed by atoms with Gasteiger partial charge in [-0.2, -0.15) is 4.31 Å². The first-order valence-electron chi connectivity index (χ1n) is 9.02. The van der Waals surface area contributed by atoms with Crippen LogP contribution >= 0.6 is 0 Å². The number of benzene rings is 2. The molecular weight excluding hydrogens is 362 g/mol. The van der Waals surface area contributed by atoms with Gasteiger partial charge >= 0.3 is 6.03 Å². The van der Waals surface area contributed by atoms with Gasteiger partial charge in [-0.15, -0.1) is 0 Å². The van der Waals surface area contributed by atoms with Gasteiger partial charge in [0.05, 0.1) is 4.90 Å². The molecule has 1 N–H and O–H groups in total. The Morgan fingerprint density at radius 1 is 1.00 bits per heavy atom. The Morgan fingerprint density at radius 2 is 1.67 bits per heavy atom. The SMILES string of the molecule is Cc1ccc(S(=O)(=O)N2CCN(C(=O)NCc3ccccc3)CC2)c(C)c1. The van der Waals surface area contributed by atoms with E-state index in [0.717, 1.165) is 16.7 Å². The van der Waals surface area contributed by atoms with Crippen LogP contribution in [0.1, 0.15) is 16.7 Å². The number of hydrogen-bond donors (Lipinski definition) is 1. The van der Waals surface area contributed by atoms with E-state index in [0.29, 0.717) is 37.6 Å². The summed E-state index contributed by atoms with van der Waals surface area (Å²) in [6.07, 6.45) is 0. The lowest BCUT2D eigenvalue weighted by Gasteiger charge is -2.34. The van der Waals surface area contributed by atoms with Gasteiger partial charge in [0, 0.05) is 32.7 Å². The first-order chi connectivity index (χ1) is 12.9. The van der Waals surface area contributed by atoms with Crippen molar-refractivity contribution in [2.45, 2.75) is 25.3 Å². The smallest absolute Gasteiger partial charge is 0.317 e. The summed E-state index contributed by atoms with van der Waals surface area (Å²) in [6.45, 7) is 5.57. The number of amides is 2. The van der Waals surface area contributed by atoms with E-state index in [9.17, 15) is 13.2 Å². The monoisotopic (exact) mass is 387 g/mol. The highest BCUT2D eigenvalue weighted by Crippen LogP contribution is 2.22. The molecule has 2 aromatic carbocycles. The average molecular weight is 388 g/mol. The first-order valence-corrected chi connectivity index (χ1v) is 10.5. The van der Waals surface area contributed by atoms with Crippen LogP contribution in [0.5, 0.6) is 0 Å². The number of carbonyl (C=O) groups excluding carboxylic acids is 1. The van der Waals surface area contributed by atoms with Gasteiger partial charge in [0.1, 0.15) is 0 Å². The maximum absolute atomic E-state index is 12.9. The molecular formula is C20H25N3O3S. The van der Waals surface area contributed by atoms with Gasteiger partial charge in [0.25, 0.3) is 0 Å². The number of carbonyl (C=O) groups is 1. The Kier molecular flexibility index (Phi) is 5.82. The zero-order chi connectivity index (χ0) is 19.4. The second-order valence-corrected chi connectivity index (χ2v) is 8.71. The number of urea groups is 1. The predicted molar refractivity (Wildman–Crippen MR) is 105 cm³/mol. The Hall–Kier alpha value is -2.38. The minimum absolute atomic E-state index is 0.164. The standard InChI is InChI=1S/C20H25N3O3S/c1-16-8-9-19(17(2)14-16)27(25,26)23-12-10-22(11-13-23)20(24)21-15-18-6-4-3-5-7-18/h3-9,14H,10-13,15H2,1-2H3,(H,21,24). The van der Waals surface area contributed by atoms with Crippen LogP contribution in [0.25, 0.3) is 0 Å². The number of nitrogens with one attached hydrogen (secondary N) is 1. The molecule has 1 aliphatic rings. The van der Waals surface area contributed by atoms with E-state index < -0.39 is 10.0 Å². The van der Waals surface area contributed by atoms with Crippen LogP contribution in [0.3, 0.4) is 0 Å². The van der Waals surface area contributed by atoms with Crippen molar-refractivity contribution in [2.75, 3.05) is 26.2 Å². The number of piperazine rings is 1. The van der Waals surface area contributed by atoms with Crippen molar-refractivity contribution in [1.29, 1.82) is 0 Å². The fourth-order valence-electron chi connectivity index (χ4n) is 3.24. The van der Waals surface area contributed by atoms with Crippen LogP contribution < -0.4 is 5.32 Å². The van der Waals surface area contributed by atoms with Crippen LogP contribution in [0, 0.1) is 13.8 Å². The molecule has 1 saturated heterocycles. The maximum Gasteiger partial charge on any atom is 0.317 e. The van der Waals surface area contributed by atoms with Gasteiger partial charge in [-0.3, -0.25) is 0 Å². The predicted octanol–water partition coefficient (Wildman–Crippen LogP) is 2.52. The van der Waals surface area contributed by atoms with Crippen molar-refractivity contribution < 1.29 is 13.2 Å². The third-order valence-corrected chi connectivity index (χ3v) is 6.82. The molecule has 7 heteroatoms. The summed E-state index contributed by atoms with van der Waals surface area (Å²) in [5.74, 6) is 0. The van der Waals surface area contributed by atoms with Crippen molar-refractivity contribution in [2.24, 2.45) is 0 Å². The number of sulfonamides is 1. The number of aryl methyl sites for hydroxylation is 2. The lowest BCUT2D eigenvalue weighted by molar-refractivity contribution is 0.172. The van der Waals surface area contributed by atoms with Gasteiger partial charge in [-0.25, -0.2) is 13.2 Å². The highest BCUT2D eigenvalue weighted by Gasteiger charge is 2.30. The largest absolute Gasteiger partial charge is 0.334 e. The third-order valence-electron chi connectivity index (χ3n) is 4.76. The van der Waals surface area contributed by atoms with E-state index in [1.54, 1.807) is 11.0 Å². The van der Waals surface area contributed by atoms with Crippen LogP contribution in [-0.2, 0) is 16.6 Å². The molecule has 0 unspecified atom stereocenters. The molecule has 0 aromatic heterocycles. The van der Waals surface area contributed by atoms with Crippen molar-refractivity contribution in [3.63, 3.8) is 0 Å². The zero-order valence-corrected chi connectivity index (χ0v) is 16.5. The fourth-order valence-corrected chi connectivity index (χ4v) is 4.87. The van der Waals surface area contributed by atoms with Crippen molar-refractivity contribution in [3.05, 3.63) is 65.2 Å². The summed E-state index contributed by atoms with van der Waals surface area (Å²) in [5.41, 5.74) is 2.81. The molecule has 1 aliphatic heterocycles. The third kappa shape index (κ3) is 4.48. The molecule has 0 atom stereocenters. The molecule has 0 aliphatic carbocycles. The maximum atomic E-state index is 12.9. The van der Waals surface area contributed by atoms with Gasteiger partial charge in [0.15, 0.2) is 0 Å². The van der Waals surface area contributed by atoms with Gasteiger partial charge < -0.3 is 10.2 Å². The normalized spacial score (nSPS) is 15.6. The quantitative estimate of drug-likeness (QED) is 0.876. The summed E-state index contributed by atoms with van der Waals surface area (Å²) in [7, 11) is -3.54. The topological polar surface area (TPSA) is 69.7 Å². The molecule has 6 nitrogen and oxygen atoms in total. The minimum Gasteiger partial charge on any atom is -0.334 e. The Balaban J connectivity index is 1.58. The molecule has 2 amide bonds. The number of nitrogens with zero attached hydrogens (tertiary/aromatic N) is 2. The van der Waals surface area contributed by atoms with E-state index in [-0.39, 0.29) is 6.03 Å². The Labute approximate surface area is 160 Å². The summed E-state index contributed by atoms with van der Waals surface area (Å²) < 4.78 is 27.3. The van der Waals surface area contributed by atoms with Gasteiger partial charge in [-0.1, -0.05) is 48.0 Å². The molecule has 0 bridgehead atoms. The highest BCUT2D eigenvalue weighted by atomic mass is 32.2. The van der Waals surface area contributed by atoms with E-state index in [1.807, 2.05) is 56.3 Å². The van der Waals surface area contributed by atoms with Crippen molar-refractivity contribution in [3.8, 4) is 0 Å². The lowest BCUT2D eigenvalue weighted by atomic mass is 10.2. The van der Waals surface area contributed by atoms with Crippen molar-refractivity contribution in [1.82, 2.24) is 14.5 Å². The highest BCUT2D eigenvalue weighted by molar-refractivity contribution is 7.89. The summed E-state index contributed by atoms with van der Waals surface area (Å²) >= 11 is 0. The molecule has 1 fully saturated rings. The molecule has 1 heterocycles. The molecule has 0 spiro atoms. The van der Waals surface area contributed by atoms with Gasteiger partial charge in [-0.05, 0) is 31.0 Å². The molecule has 27 heavy (non-hydrogen) atoms. The Bertz CT molecular complexity index is 905. The van der Waals surface area contributed by atoms with Gasteiger partial charge in [0.2, 0.25) is 10.0 Å². The fraction of sp³-hybridized carbons (Fsp3) is 0.350. The van der Waals surface area contributed by atoms with Crippen LogP contribution in [0.2, 0.25) is 0 Å². The second-order valence-electron chi connectivity index (χ2n) is 6.80. The van der Waals surface area contributed by atoms with Crippen molar-refractivity contribution >= 4 is 16.1 Å². The Morgan fingerprint density at radius 3 is 2.30 bits per heavy atom. The molecule has 144 valence electrons. The average Bonchev–Trinajstić information content (AvgIpc) is 2.66. The van der Waals surface area contributed by atoms with E-state index in [4.69, 9.17) is 0 Å². The number of rotatable bonds is 4. The summed E-state index contributed by atoms with van der Waals surface area (Å²) in [5, 5.41) is 2.89. The summed E-state index contributed by atoms with van der Waals surface area (Å²) in [4.78, 5) is 14.3. The molecule has 2 aromatic rings. The molecule has 0 radical (unpaired) electrons. The number of hydrogen-bond acceptors (Lipinski definition) is 3. The van der Waals surface area contributed by atoms with Crippen LogP contribution in [-0.4, -0.2) is 49.8 Å². The van der Waals surface area contributed by atoms with E-state index in [1.165, 1.54) is 4.31 Å². The summed E-state index contributed by atoms with van der Waals surface area (Å²) in [6, 6.07) is 14.9. The molecule has 0 saturated carbocycles. The first kappa shape index (κ1) is 19.4. The van der Waals surface area contributed by atoms with Crippen LogP contribution in [0.4, 0.5) is 4.79 Å². The zero-order valence-electron chi connectivity index (χ0n) is 15.7. The molecule has 3 rings (SSSR count).